The Kier molecular flexibility index (Phi) is 5.23. The molecular formula is C20H24N4O2. The molecule has 0 aliphatic carbocycles. The molecule has 1 N–H and O–H groups in total. The molecule has 1 heterocycles. The molecule has 1 unspecified atom stereocenters. The molecule has 0 aliphatic heterocycles. The topological polar surface area (TPSA) is 59.4 Å². The zero-order chi connectivity index (χ0) is 18.7. The van der Waals surface area contributed by atoms with Gasteiger partial charge in [-0.2, -0.15) is 0 Å². The van der Waals surface area contributed by atoms with Gasteiger partial charge < -0.3 is 19.5 Å². The van der Waals surface area contributed by atoms with Crippen molar-refractivity contribution in [2.24, 2.45) is 0 Å². The number of nitrogens with one attached hydrogen (secondary N) is 1. The molecule has 0 bridgehead atoms. The average Bonchev–Trinajstić information content (AvgIpc) is 2.98. The molecule has 136 valence electrons. The maximum Gasteiger partial charge on any atom is 0.247 e. The van der Waals surface area contributed by atoms with Gasteiger partial charge in [0.1, 0.15) is 17.6 Å². The summed E-state index contributed by atoms with van der Waals surface area (Å²) in [5.74, 6) is 1.54. The van der Waals surface area contributed by atoms with Crippen LogP contribution in [0.25, 0.3) is 11.0 Å². The molecule has 0 spiro atoms. The SMILES string of the molecule is COc1ccc(NC(=O)C(C)n2c(CN(C)C)nc3ccccc32)cc1. The first-order valence-electron chi connectivity index (χ1n) is 8.55. The Hall–Kier alpha value is -2.86. The van der Waals surface area contributed by atoms with Gasteiger partial charge >= 0.3 is 0 Å². The summed E-state index contributed by atoms with van der Waals surface area (Å²) in [4.78, 5) is 19.6. The van der Waals surface area contributed by atoms with Crippen LogP contribution in [-0.4, -0.2) is 41.6 Å². The lowest BCUT2D eigenvalue weighted by molar-refractivity contribution is -0.118. The molecule has 0 aliphatic rings. The molecular weight excluding hydrogens is 328 g/mol. The predicted octanol–water partition coefficient (Wildman–Crippen LogP) is 3.31. The number of rotatable bonds is 6. The summed E-state index contributed by atoms with van der Waals surface area (Å²) in [6.07, 6.45) is 0. The first-order chi connectivity index (χ1) is 12.5. The van der Waals surface area contributed by atoms with Crippen molar-refractivity contribution in [3.05, 3.63) is 54.4 Å². The van der Waals surface area contributed by atoms with Gasteiger partial charge in [-0.05, 0) is 57.4 Å². The standard InChI is InChI=1S/C20H24N4O2/c1-14(20(25)21-15-9-11-16(26-4)12-10-15)24-18-8-6-5-7-17(18)22-19(24)13-23(2)3/h5-12,14H,13H2,1-4H3,(H,21,25). The largest absolute Gasteiger partial charge is 0.497 e. The molecule has 0 radical (unpaired) electrons. The van der Waals surface area contributed by atoms with E-state index in [4.69, 9.17) is 9.72 Å². The van der Waals surface area contributed by atoms with E-state index in [0.29, 0.717) is 6.54 Å². The van der Waals surface area contributed by atoms with Crippen molar-refractivity contribution in [3.8, 4) is 5.75 Å². The zero-order valence-corrected chi connectivity index (χ0v) is 15.6. The van der Waals surface area contributed by atoms with Gasteiger partial charge in [0.05, 0.1) is 24.7 Å². The van der Waals surface area contributed by atoms with Gasteiger partial charge in [0.15, 0.2) is 0 Å². The van der Waals surface area contributed by atoms with Gasteiger partial charge in [0, 0.05) is 5.69 Å². The minimum absolute atomic E-state index is 0.0849. The predicted molar refractivity (Wildman–Crippen MR) is 103 cm³/mol. The molecule has 3 rings (SSSR count). The van der Waals surface area contributed by atoms with Crippen molar-refractivity contribution in [1.82, 2.24) is 14.5 Å². The molecule has 6 heteroatoms. The lowest BCUT2D eigenvalue weighted by Gasteiger charge is -2.19. The Bertz CT molecular complexity index is 900. The minimum atomic E-state index is -0.389. The fourth-order valence-electron chi connectivity index (χ4n) is 2.96. The third-order valence-corrected chi connectivity index (χ3v) is 4.25. The summed E-state index contributed by atoms with van der Waals surface area (Å²) in [5.41, 5.74) is 2.59. The number of anilines is 1. The molecule has 6 nitrogen and oxygen atoms in total. The van der Waals surface area contributed by atoms with Crippen molar-refractivity contribution < 1.29 is 9.53 Å². The first-order valence-corrected chi connectivity index (χ1v) is 8.55. The normalized spacial score (nSPS) is 12.3. The number of nitrogens with zero attached hydrogens (tertiary/aromatic N) is 3. The van der Waals surface area contributed by atoms with E-state index in [1.54, 1.807) is 7.11 Å². The van der Waals surface area contributed by atoms with Gasteiger partial charge in [-0.25, -0.2) is 4.98 Å². The van der Waals surface area contributed by atoms with Crippen molar-refractivity contribution >= 4 is 22.6 Å². The smallest absolute Gasteiger partial charge is 0.247 e. The van der Waals surface area contributed by atoms with Crippen LogP contribution in [0.3, 0.4) is 0 Å². The van der Waals surface area contributed by atoms with Crippen molar-refractivity contribution in [1.29, 1.82) is 0 Å². The molecule has 26 heavy (non-hydrogen) atoms. The molecule has 0 saturated carbocycles. The van der Waals surface area contributed by atoms with Crippen LogP contribution >= 0.6 is 0 Å². The Morgan fingerprint density at radius 2 is 1.88 bits per heavy atom. The molecule has 0 saturated heterocycles. The van der Waals surface area contributed by atoms with Crippen molar-refractivity contribution in [2.45, 2.75) is 19.5 Å². The summed E-state index contributed by atoms with van der Waals surface area (Å²) >= 11 is 0. The van der Waals surface area contributed by atoms with Crippen LogP contribution in [0.5, 0.6) is 5.75 Å². The second-order valence-corrected chi connectivity index (χ2v) is 6.52. The van der Waals surface area contributed by atoms with Crippen LogP contribution < -0.4 is 10.1 Å². The summed E-state index contributed by atoms with van der Waals surface area (Å²) < 4.78 is 7.16. The fraction of sp³-hybridized carbons (Fsp3) is 0.300. The number of benzene rings is 2. The van der Waals surface area contributed by atoms with E-state index in [0.717, 1.165) is 28.3 Å². The molecule has 0 fully saturated rings. The monoisotopic (exact) mass is 352 g/mol. The highest BCUT2D eigenvalue weighted by molar-refractivity contribution is 5.94. The number of imidazole rings is 1. The summed E-state index contributed by atoms with van der Waals surface area (Å²) in [5, 5.41) is 2.97. The maximum absolute atomic E-state index is 12.8. The molecule has 2 aromatic carbocycles. The van der Waals surface area contributed by atoms with Crippen LogP contribution in [0.4, 0.5) is 5.69 Å². The van der Waals surface area contributed by atoms with Crippen LogP contribution in [0.1, 0.15) is 18.8 Å². The van der Waals surface area contributed by atoms with E-state index in [1.807, 2.05) is 79.0 Å². The fourth-order valence-corrected chi connectivity index (χ4v) is 2.96. The number of methoxy groups -OCH3 is 1. The number of carbonyl (C=O) groups excluding carboxylic acids is 1. The number of fused-ring (bicyclic) bond motifs is 1. The first kappa shape index (κ1) is 17.9. The highest BCUT2D eigenvalue weighted by atomic mass is 16.5. The number of hydrogen-bond donors (Lipinski definition) is 1. The third kappa shape index (κ3) is 3.70. The van der Waals surface area contributed by atoms with Crippen LogP contribution in [0, 0.1) is 0 Å². The quantitative estimate of drug-likeness (QED) is 0.739. The number of aromatic nitrogens is 2. The molecule has 1 amide bonds. The van der Waals surface area contributed by atoms with Crippen LogP contribution in [0.15, 0.2) is 48.5 Å². The van der Waals surface area contributed by atoms with Gasteiger partial charge in [0.25, 0.3) is 0 Å². The number of carbonyl (C=O) groups is 1. The Balaban J connectivity index is 1.89. The van der Waals surface area contributed by atoms with Crippen LogP contribution in [0.2, 0.25) is 0 Å². The van der Waals surface area contributed by atoms with Gasteiger partial charge in [-0.15, -0.1) is 0 Å². The minimum Gasteiger partial charge on any atom is -0.497 e. The van der Waals surface area contributed by atoms with E-state index in [1.165, 1.54) is 0 Å². The van der Waals surface area contributed by atoms with Gasteiger partial charge in [0.2, 0.25) is 5.91 Å². The van der Waals surface area contributed by atoms with E-state index < -0.39 is 0 Å². The van der Waals surface area contributed by atoms with Crippen molar-refractivity contribution in [3.63, 3.8) is 0 Å². The highest BCUT2D eigenvalue weighted by Gasteiger charge is 2.21. The Labute approximate surface area is 153 Å². The summed E-state index contributed by atoms with van der Waals surface area (Å²) in [7, 11) is 5.60. The molecule has 1 atom stereocenters. The second-order valence-electron chi connectivity index (χ2n) is 6.52. The van der Waals surface area contributed by atoms with Crippen molar-refractivity contribution in [2.75, 3.05) is 26.5 Å². The van der Waals surface area contributed by atoms with E-state index >= 15 is 0 Å². The summed E-state index contributed by atoms with van der Waals surface area (Å²) in [6, 6.07) is 14.8. The maximum atomic E-state index is 12.8. The average molecular weight is 352 g/mol. The number of amides is 1. The zero-order valence-electron chi connectivity index (χ0n) is 15.6. The van der Waals surface area contributed by atoms with Gasteiger partial charge in [-0.1, -0.05) is 12.1 Å². The van der Waals surface area contributed by atoms with E-state index in [2.05, 4.69) is 5.32 Å². The Morgan fingerprint density at radius 1 is 1.19 bits per heavy atom. The third-order valence-electron chi connectivity index (χ3n) is 4.25. The lowest BCUT2D eigenvalue weighted by atomic mass is 10.2. The van der Waals surface area contributed by atoms with E-state index in [9.17, 15) is 4.79 Å². The molecule has 1 aromatic heterocycles. The lowest BCUT2D eigenvalue weighted by Crippen LogP contribution is -2.26. The summed E-state index contributed by atoms with van der Waals surface area (Å²) in [6.45, 7) is 2.56. The van der Waals surface area contributed by atoms with E-state index in [-0.39, 0.29) is 11.9 Å². The number of hydrogen-bond acceptors (Lipinski definition) is 4. The number of para-hydroxylation sites is 2. The second kappa shape index (κ2) is 7.58. The highest BCUT2D eigenvalue weighted by Crippen LogP contribution is 2.23. The molecule has 3 aromatic rings. The Morgan fingerprint density at radius 3 is 2.54 bits per heavy atom. The number of ether oxygens (including phenoxy) is 1. The van der Waals surface area contributed by atoms with Crippen LogP contribution in [-0.2, 0) is 11.3 Å². The van der Waals surface area contributed by atoms with Gasteiger partial charge in [-0.3, -0.25) is 4.79 Å².